The third-order valence-electron chi connectivity index (χ3n) is 7.17. The molecule has 1 saturated heterocycles. The minimum absolute atomic E-state index is 0.0158. The fourth-order valence-corrected chi connectivity index (χ4v) is 4.98. The zero-order valence-corrected chi connectivity index (χ0v) is 27.2. The molecule has 1 aliphatic heterocycles. The summed E-state index contributed by atoms with van der Waals surface area (Å²) in [7, 11) is 1.65. The number of nitrogen functional groups attached to an aromatic ring is 1. The molecule has 0 atom stereocenters. The van der Waals surface area contributed by atoms with Gasteiger partial charge in [0, 0.05) is 48.5 Å². The number of nitrogens with two attached hydrogens (primary N) is 1. The van der Waals surface area contributed by atoms with E-state index < -0.39 is 12.1 Å². The molecule has 3 aromatic rings. The van der Waals surface area contributed by atoms with Crippen molar-refractivity contribution in [3.8, 4) is 5.75 Å². The number of morpholine rings is 1. The number of benzene rings is 1. The average molecular weight is 672 g/mol. The summed E-state index contributed by atoms with van der Waals surface area (Å²) in [6, 6.07) is 5.34. The van der Waals surface area contributed by atoms with Crippen LogP contribution in [0.5, 0.6) is 5.75 Å². The molecule has 0 bridgehead atoms. The van der Waals surface area contributed by atoms with Gasteiger partial charge in [-0.1, -0.05) is 36.9 Å². The maximum absolute atomic E-state index is 13.8. The number of hydrogen-bond acceptors (Lipinski definition) is 10. The van der Waals surface area contributed by atoms with Gasteiger partial charge in [-0.05, 0) is 31.4 Å². The van der Waals surface area contributed by atoms with Crippen LogP contribution in [0.1, 0.15) is 60.9 Å². The Morgan fingerprint density at radius 2 is 1.72 bits per heavy atom. The van der Waals surface area contributed by atoms with E-state index in [-0.39, 0.29) is 40.3 Å². The first-order valence-corrected chi connectivity index (χ1v) is 14.7. The molecule has 1 fully saturated rings. The monoisotopic (exact) mass is 671 g/mol. The Labute approximate surface area is 268 Å². The van der Waals surface area contributed by atoms with Crippen molar-refractivity contribution < 1.29 is 46.7 Å². The minimum Gasteiger partial charge on any atom is -0.542 e. The van der Waals surface area contributed by atoms with Crippen LogP contribution in [0.15, 0.2) is 18.2 Å². The van der Waals surface area contributed by atoms with E-state index in [4.69, 9.17) is 36.7 Å². The normalized spacial score (nSPS) is 13.7. The predicted octanol–water partition coefficient (Wildman–Crippen LogP) is 2.06. The van der Waals surface area contributed by atoms with Gasteiger partial charge in [0.15, 0.2) is 17.5 Å². The van der Waals surface area contributed by atoms with Crippen LogP contribution >= 0.6 is 11.6 Å². The highest BCUT2D eigenvalue weighted by Gasteiger charge is 2.30. The van der Waals surface area contributed by atoms with Crippen LogP contribution in [-0.2, 0) is 21.5 Å². The largest absolute Gasteiger partial charge is 0.542 e. The fraction of sp³-hybridized carbons (Fsp3) is 0.517. The Bertz CT molecular complexity index is 1600. The number of rotatable bonds is 8. The molecule has 2 N–H and O–H groups in total. The smallest absolute Gasteiger partial charge is 0.430 e. The Hall–Kier alpha value is -4.18. The van der Waals surface area contributed by atoms with Crippen molar-refractivity contribution in [3.05, 3.63) is 40.0 Å². The summed E-state index contributed by atoms with van der Waals surface area (Å²) in [5, 5.41) is 17.4. The summed E-state index contributed by atoms with van der Waals surface area (Å²) >= 11 is 6.35. The van der Waals surface area contributed by atoms with E-state index in [0.717, 1.165) is 17.0 Å². The summed E-state index contributed by atoms with van der Waals surface area (Å²) in [4.78, 5) is 39.4. The lowest BCUT2D eigenvalue weighted by Crippen LogP contribution is -2.37. The van der Waals surface area contributed by atoms with Gasteiger partial charge in [-0.3, -0.25) is 9.59 Å². The molecule has 0 saturated carbocycles. The number of aliphatic carboxylic acids is 1. The molecule has 252 valence electrons. The first-order valence-electron chi connectivity index (χ1n) is 14.3. The number of aromatic nitrogens is 4. The molecule has 1 amide bonds. The molecule has 4 rings (SSSR count). The molecule has 17 heteroatoms. The van der Waals surface area contributed by atoms with E-state index in [1.165, 1.54) is 9.20 Å². The number of carboxylic acids is 1. The second-order valence-electron chi connectivity index (χ2n) is 11.2. The van der Waals surface area contributed by atoms with Crippen LogP contribution in [-0.4, -0.2) is 90.1 Å². The van der Waals surface area contributed by atoms with Crippen molar-refractivity contribution in [2.45, 2.75) is 52.8 Å². The van der Waals surface area contributed by atoms with E-state index in [0.29, 0.717) is 50.6 Å². The zero-order valence-electron chi connectivity index (χ0n) is 26.4. The van der Waals surface area contributed by atoms with Crippen LogP contribution in [0.25, 0.3) is 5.65 Å². The SMILES string of the molecule is CCN(CC)C(=O)c1cc2n(CC(=O)c3cc(N4CCOCC4)c(OC)c(C(C)(C)C)c3)nc(N)[n+]2nc1Cl.O=C([O-])C(F)(F)F. The van der Waals surface area contributed by atoms with Gasteiger partial charge in [0.05, 0.1) is 31.6 Å². The van der Waals surface area contributed by atoms with Gasteiger partial charge < -0.3 is 34.9 Å². The highest BCUT2D eigenvalue weighted by Crippen LogP contribution is 2.40. The van der Waals surface area contributed by atoms with Crippen LogP contribution < -0.4 is 25.0 Å². The third-order valence-corrected chi connectivity index (χ3v) is 7.45. The van der Waals surface area contributed by atoms with Gasteiger partial charge >= 0.3 is 12.1 Å². The lowest BCUT2D eigenvalue weighted by atomic mass is 9.84. The second-order valence-corrected chi connectivity index (χ2v) is 11.6. The summed E-state index contributed by atoms with van der Waals surface area (Å²) in [6.45, 7) is 13.6. The fourth-order valence-electron chi connectivity index (χ4n) is 4.77. The number of fused-ring (bicyclic) bond motifs is 1. The minimum atomic E-state index is -5.19. The summed E-state index contributed by atoms with van der Waals surface area (Å²) in [5.74, 6) is -2.62. The van der Waals surface area contributed by atoms with Crippen LogP contribution in [0.3, 0.4) is 0 Å². The predicted molar refractivity (Wildman–Crippen MR) is 160 cm³/mol. The van der Waals surface area contributed by atoms with E-state index in [9.17, 15) is 22.8 Å². The highest BCUT2D eigenvalue weighted by molar-refractivity contribution is 6.32. The second kappa shape index (κ2) is 14.5. The van der Waals surface area contributed by atoms with Gasteiger partial charge in [0.25, 0.3) is 11.6 Å². The number of hydrogen-bond donors (Lipinski definition) is 1. The number of ether oxygens (including phenoxy) is 2. The number of carbonyl (C=O) groups is 3. The van der Waals surface area contributed by atoms with Crippen LogP contribution in [0.4, 0.5) is 24.8 Å². The number of nitrogens with zero attached hydrogens (tertiary/aromatic N) is 6. The summed E-state index contributed by atoms with van der Waals surface area (Å²) in [6.07, 6.45) is -5.19. The first-order chi connectivity index (χ1) is 21.4. The number of alkyl halides is 3. The number of halogens is 4. The topological polar surface area (TPSA) is 160 Å². The molecular formula is C29H37ClF3N7O6. The number of Topliss-reactive ketones (excluding diaryl/α,β-unsaturated/α-hetero) is 1. The first kappa shape index (κ1) is 36.3. The molecule has 0 unspecified atom stereocenters. The summed E-state index contributed by atoms with van der Waals surface area (Å²) < 4.78 is 45.7. The average Bonchev–Trinajstić information content (AvgIpc) is 3.29. The van der Waals surface area contributed by atoms with Crippen molar-refractivity contribution >= 4 is 46.5 Å². The van der Waals surface area contributed by atoms with Crippen molar-refractivity contribution in [1.82, 2.24) is 19.8 Å². The number of carboxylic acid groups (broad SMARTS) is 1. The maximum Gasteiger partial charge on any atom is 0.430 e. The van der Waals surface area contributed by atoms with Crippen molar-refractivity contribution in [2.75, 3.05) is 57.1 Å². The molecule has 1 aromatic carbocycles. The molecule has 46 heavy (non-hydrogen) atoms. The molecule has 13 nitrogen and oxygen atoms in total. The lowest BCUT2D eigenvalue weighted by molar-refractivity contribution is -0.565. The van der Waals surface area contributed by atoms with Gasteiger partial charge in [-0.15, -0.1) is 9.78 Å². The third kappa shape index (κ3) is 8.15. The highest BCUT2D eigenvalue weighted by atomic mass is 35.5. The Kier molecular flexibility index (Phi) is 11.4. The van der Waals surface area contributed by atoms with E-state index in [1.54, 1.807) is 18.1 Å². The van der Waals surface area contributed by atoms with Crippen LogP contribution in [0, 0.1) is 0 Å². The molecule has 0 spiro atoms. The lowest BCUT2D eigenvalue weighted by Gasteiger charge is -2.33. The Morgan fingerprint density at radius 1 is 1.13 bits per heavy atom. The molecule has 2 aromatic heterocycles. The number of ketones is 1. The number of amides is 1. The van der Waals surface area contributed by atoms with E-state index >= 15 is 0 Å². The van der Waals surface area contributed by atoms with Gasteiger partial charge in [-0.25, -0.2) is 0 Å². The number of anilines is 2. The zero-order chi connectivity index (χ0) is 34.6. The maximum atomic E-state index is 13.8. The molecule has 1 aliphatic rings. The van der Waals surface area contributed by atoms with Crippen molar-refractivity contribution in [3.63, 3.8) is 0 Å². The van der Waals surface area contributed by atoms with Crippen LogP contribution in [0.2, 0.25) is 5.15 Å². The summed E-state index contributed by atoms with van der Waals surface area (Å²) in [5.41, 5.74) is 8.75. The van der Waals surface area contributed by atoms with Crippen molar-refractivity contribution in [2.24, 2.45) is 0 Å². The Balaban J connectivity index is 0.000000738. The van der Waals surface area contributed by atoms with E-state index in [1.807, 2.05) is 26.0 Å². The van der Waals surface area contributed by atoms with Crippen molar-refractivity contribution in [1.29, 1.82) is 0 Å². The van der Waals surface area contributed by atoms with Gasteiger partial charge in [-0.2, -0.15) is 13.2 Å². The molecule has 0 radical (unpaired) electrons. The van der Waals surface area contributed by atoms with Gasteiger partial charge in [0.1, 0.15) is 11.7 Å². The number of methoxy groups -OCH3 is 1. The quantitative estimate of drug-likeness (QED) is 0.277. The molecule has 0 aliphatic carbocycles. The molecule has 3 heterocycles. The molecular weight excluding hydrogens is 635 g/mol. The number of carbonyl (C=O) groups excluding carboxylic acids is 3. The van der Waals surface area contributed by atoms with E-state index in [2.05, 4.69) is 35.9 Å². The van der Waals surface area contributed by atoms with Gasteiger partial charge in [0.2, 0.25) is 0 Å². The Morgan fingerprint density at radius 3 is 2.22 bits per heavy atom. The standard InChI is InChI=1S/C27H36ClN7O4.C2HF3O2/c1-7-32(8-2)25(37)18-15-22-34(31-26(29)35(22)30-24(18)28)16-21(36)17-13-19(27(3,4)5)23(38-6)20(14-17)33-9-11-39-12-10-33;3-2(4,5)1(6)7/h13-15H,7-12,16H2,1-6H3,(H-,29,30,31,37);(H,6,7).